The van der Waals surface area contributed by atoms with E-state index >= 15 is 0 Å². The Morgan fingerprint density at radius 2 is 2.47 bits per heavy atom. The van der Waals surface area contributed by atoms with E-state index in [4.69, 9.17) is 0 Å². The van der Waals surface area contributed by atoms with Gasteiger partial charge in [-0.2, -0.15) is 0 Å². The van der Waals surface area contributed by atoms with Crippen LogP contribution in [0.3, 0.4) is 0 Å². The molecule has 2 rings (SSSR count). The lowest BCUT2D eigenvalue weighted by Gasteiger charge is -2.02. The van der Waals surface area contributed by atoms with Crippen LogP contribution in [0.2, 0.25) is 0 Å². The number of amides is 1. The lowest BCUT2D eigenvalue weighted by Crippen LogP contribution is -2.14. The zero-order valence-electron chi connectivity index (χ0n) is 7.90. The summed E-state index contributed by atoms with van der Waals surface area (Å²) in [6.07, 6.45) is 4.62. The van der Waals surface area contributed by atoms with Crippen LogP contribution in [-0.4, -0.2) is 15.6 Å². The van der Waals surface area contributed by atoms with Crippen molar-refractivity contribution in [2.24, 2.45) is 7.05 Å². The van der Waals surface area contributed by atoms with Crippen molar-refractivity contribution in [1.29, 1.82) is 0 Å². The maximum absolute atomic E-state index is 11.7. The Morgan fingerprint density at radius 1 is 1.67 bits per heavy atom. The molecule has 0 saturated heterocycles. The summed E-state index contributed by atoms with van der Waals surface area (Å²) < 4.78 is 7.20. The Hall–Kier alpha value is -1.56. The van der Waals surface area contributed by atoms with Crippen molar-refractivity contribution < 1.29 is 9.32 Å². The Bertz CT molecular complexity index is 476. The van der Waals surface area contributed by atoms with Gasteiger partial charge in [0, 0.05) is 17.7 Å². The van der Waals surface area contributed by atoms with Crippen molar-refractivity contribution in [3.63, 3.8) is 0 Å². The lowest BCUT2D eigenvalue weighted by molar-refractivity contribution is 0.101. The quantitative estimate of drug-likeness (QED) is 0.908. The summed E-state index contributed by atoms with van der Waals surface area (Å²) in [4.78, 5) is 11.7. The van der Waals surface area contributed by atoms with E-state index in [0.29, 0.717) is 11.4 Å². The zero-order chi connectivity index (χ0) is 10.8. The second-order valence-electron chi connectivity index (χ2n) is 3.02. The molecule has 2 aromatic heterocycles. The van der Waals surface area contributed by atoms with Crippen LogP contribution in [0.4, 0.5) is 5.69 Å². The van der Waals surface area contributed by atoms with E-state index in [1.807, 2.05) is 6.20 Å². The molecule has 0 atom stereocenters. The van der Waals surface area contributed by atoms with Gasteiger partial charge in [0.25, 0.3) is 5.91 Å². The summed E-state index contributed by atoms with van der Waals surface area (Å²) in [6.45, 7) is 0. The molecule has 78 valence electrons. The van der Waals surface area contributed by atoms with Gasteiger partial charge in [0.2, 0.25) is 0 Å². The van der Waals surface area contributed by atoms with Crippen LogP contribution >= 0.6 is 15.9 Å². The van der Waals surface area contributed by atoms with Crippen molar-refractivity contribution in [3.05, 3.63) is 34.9 Å². The molecular formula is C9H8BrN3O2. The Balaban J connectivity index is 2.18. The molecule has 0 aliphatic rings. The van der Waals surface area contributed by atoms with Crippen molar-refractivity contribution in [3.8, 4) is 0 Å². The van der Waals surface area contributed by atoms with Gasteiger partial charge in [0.1, 0.15) is 17.6 Å². The third kappa shape index (κ3) is 2.10. The fourth-order valence-electron chi connectivity index (χ4n) is 1.21. The van der Waals surface area contributed by atoms with Gasteiger partial charge < -0.3 is 14.4 Å². The van der Waals surface area contributed by atoms with Gasteiger partial charge in [-0.05, 0) is 22.0 Å². The molecule has 2 aromatic rings. The van der Waals surface area contributed by atoms with Crippen LogP contribution in [0, 0.1) is 0 Å². The summed E-state index contributed by atoms with van der Waals surface area (Å²) >= 11 is 3.30. The molecule has 0 fully saturated rings. The highest BCUT2D eigenvalue weighted by atomic mass is 79.9. The van der Waals surface area contributed by atoms with Crippen molar-refractivity contribution in [2.45, 2.75) is 0 Å². The molecule has 5 nitrogen and oxygen atoms in total. The van der Waals surface area contributed by atoms with Gasteiger partial charge in [-0.25, -0.2) is 0 Å². The maximum Gasteiger partial charge on any atom is 0.272 e. The average Bonchev–Trinajstić information content (AvgIpc) is 2.75. The molecule has 1 N–H and O–H groups in total. The second-order valence-corrected chi connectivity index (χ2v) is 3.94. The number of aryl methyl sites for hydroxylation is 1. The highest BCUT2D eigenvalue weighted by molar-refractivity contribution is 9.10. The van der Waals surface area contributed by atoms with E-state index in [0.717, 1.165) is 4.47 Å². The van der Waals surface area contributed by atoms with Gasteiger partial charge in [-0.3, -0.25) is 4.79 Å². The van der Waals surface area contributed by atoms with E-state index in [1.165, 1.54) is 12.5 Å². The zero-order valence-corrected chi connectivity index (χ0v) is 9.48. The van der Waals surface area contributed by atoms with Crippen LogP contribution < -0.4 is 5.32 Å². The Kier molecular flexibility index (Phi) is 2.59. The van der Waals surface area contributed by atoms with Crippen LogP contribution in [0.15, 0.2) is 33.7 Å². The highest BCUT2D eigenvalue weighted by Crippen LogP contribution is 2.15. The van der Waals surface area contributed by atoms with Gasteiger partial charge >= 0.3 is 0 Å². The van der Waals surface area contributed by atoms with Crippen LogP contribution in [0.25, 0.3) is 0 Å². The van der Waals surface area contributed by atoms with E-state index in [9.17, 15) is 4.79 Å². The average molecular weight is 270 g/mol. The monoisotopic (exact) mass is 269 g/mol. The standard InChI is InChI=1S/C9H8BrN3O2/c1-13-4-6(10)2-8(13)9(14)12-7-3-11-15-5-7/h2-5H,1H3,(H,12,14). The van der Waals surface area contributed by atoms with E-state index < -0.39 is 0 Å². The number of aromatic nitrogens is 2. The van der Waals surface area contributed by atoms with E-state index in [2.05, 4.69) is 30.9 Å². The normalized spacial score (nSPS) is 10.3. The molecule has 15 heavy (non-hydrogen) atoms. The Morgan fingerprint density at radius 3 is 3.00 bits per heavy atom. The molecular weight excluding hydrogens is 262 g/mol. The Labute approximate surface area is 94.2 Å². The highest BCUT2D eigenvalue weighted by Gasteiger charge is 2.11. The predicted octanol–water partition coefficient (Wildman–Crippen LogP) is 2.03. The minimum absolute atomic E-state index is 0.202. The van der Waals surface area contributed by atoms with Gasteiger partial charge in [-0.1, -0.05) is 5.16 Å². The number of anilines is 1. The fourth-order valence-corrected chi connectivity index (χ4v) is 1.74. The van der Waals surface area contributed by atoms with Crippen molar-refractivity contribution >= 4 is 27.5 Å². The van der Waals surface area contributed by atoms with E-state index in [-0.39, 0.29) is 5.91 Å². The van der Waals surface area contributed by atoms with Gasteiger partial charge in [0.05, 0.1) is 6.20 Å². The van der Waals surface area contributed by atoms with Crippen LogP contribution in [0.1, 0.15) is 10.5 Å². The third-order valence-electron chi connectivity index (χ3n) is 1.89. The number of hydrogen-bond acceptors (Lipinski definition) is 3. The number of carbonyl (C=O) groups is 1. The largest absolute Gasteiger partial charge is 0.363 e. The third-order valence-corrected chi connectivity index (χ3v) is 2.33. The first-order chi connectivity index (χ1) is 7.16. The smallest absolute Gasteiger partial charge is 0.272 e. The summed E-state index contributed by atoms with van der Waals surface area (Å²) in [5.74, 6) is -0.202. The first-order valence-corrected chi connectivity index (χ1v) is 4.98. The van der Waals surface area contributed by atoms with Crippen molar-refractivity contribution in [1.82, 2.24) is 9.72 Å². The predicted molar refractivity (Wildman–Crippen MR) is 57.6 cm³/mol. The lowest BCUT2D eigenvalue weighted by atomic mass is 10.4. The summed E-state index contributed by atoms with van der Waals surface area (Å²) in [7, 11) is 1.80. The minimum atomic E-state index is -0.202. The molecule has 0 saturated carbocycles. The molecule has 2 heterocycles. The first-order valence-electron chi connectivity index (χ1n) is 4.19. The summed E-state index contributed by atoms with van der Waals surface area (Å²) in [6, 6.07) is 1.74. The topological polar surface area (TPSA) is 60.1 Å². The molecule has 0 unspecified atom stereocenters. The molecule has 0 bridgehead atoms. The molecule has 0 radical (unpaired) electrons. The minimum Gasteiger partial charge on any atom is -0.363 e. The fraction of sp³-hybridized carbons (Fsp3) is 0.111. The molecule has 0 aliphatic carbocycles. The van der Waals surface area contributed by atoms with Crippen molar-refractivity contribution in [2.75, 3.05) is 5.32 Å². The van der Waals surface area contributed by atoms with Crippen LogP contribution in [0.5, 0.6) is 0 Å². The number of rotatable bonds is 2. The molecule has 6 heteroatoms. The first kappa shape index (κ1) is 9.97. The molecule has 0 aromatic carbocycles. The summed E-state index contributed by atoms with van der Waals surface area (Å²) in [5.41, 5.74) is 1.10. The second kappa shape index (κ2) is 3.90. The number of nitrogens with zero attached hydrogens (tertiary/aromatic N) is 2. The van der Waals surface area contributed by atoms with Gasteiger partial charge in [-0.15, -0.1) is 0 Å². The van der Waals surface area contributed by atoms with Crippen LogP contribution in [-0.2, 0) is 7.05 Å². The number of hydrogen-bond donors (Lipinski definition) is 1. The number of carbonyl (C=O) groups excluding carboxylic acids is 1. The number of halogens is 1. The molecule has 1 amide bonds. The molecule has 0 aliphatic heterocycles. The van der Waals surface area contributed by atoms with Gasteiger partial charge in [0.15, 0.2) is 0 Å². The maximum atomic E-state index is 11.7. The van der Waals surface area contributed by atoms with E-state index in [1.54, 1.807) is 17.7 Å². The number of nitrogens with one attached hydrogen (secondary N) is 1. The molecule has 0 spiro atoms. The SMILES string of the molecule is Cn1cc(Br)cc1C(=O)Nc1cnoc1. The summed E-state index contributed by atoms with van der Waals surface area (Å²) in [5, 5.41) is 6.15.